The van der Waals surface area contributed by atoms with Gasteiger partial charge in [0.25, 0.3) is 0 Å². The minimum atomic E-state index is -0.478. The van der Waals surface area contributed by atoms with Crippen LogP contribution in [-0.4, -0.2) is 23.0 Å². The lowest BCUT2D eigenvalue weighted by molar-refractivity contribution is 0.0593. The molecule has 0 spiro atoms. The lowest BCUT2D eigenvalue weighted by atomic mass is 10.4. The monoisotopic (exact) mass is 246 g/mol. The summed E-state index contributed by atoms with van der Waals surface area (Å²) in [6.45, 7) is 0. The summed E-state index contributed by atoms with van der Waals surface area (Å²) in [5.41, 5.74) is 0.213. The molecule has 5 heteroatoms. The van der Waals surface area contributed by atoms with Crippen LogP contribution in [0.2, 0.25) is 0 Å². The van der Waals surface area contributed by atoms with Crippen molar-refractivity contribution in [2.75, 3.05) is 7.11 Å². The average molecular weight is 246 g/mol. The van der Waals surface area contributed by atoms with Gasteiger partial charge in [-0.05, 0) is 12.1 Å². The molecule has 4 nitrogen and oxygen atoms in total. The Hall–Kier alpha value is -1.88. The van der Waals surface area contributed by atoms with E-state index in [9.17, 15) is 4.79 Å². The zero-order chi connectivity index (χ0) is 12.1. The van der Waals surface area contributed by atoms with Crippen molar-refractivity contribution in [3.63, 3.8) is 0 Å². The molecule has 0 atom stereocenters. The molecule has 2 aromatic rings. The summed E-state index contributed by atoms with van der Waals surface area (Å²) in [5.74, 6) is -0.478. The minimum Gasteiger partial charge on any atom is -0.464 e. The fraction of sp³-hybridized carbons (Fsp3) is 0.0833. The number of ether oxygens (including phenoxy) is 1. The highest BCUT2D eigenvalue weighted by molar-refractivity contribution is 7.99. The zero-order valence-electron chi connectivity index (χ0n) is 9.16. The first-order valence-corrected chi connectivity index (χ1v) is 5.74. The normalized spacial score (nSPS) is 9.94. The molecule has 0 unspecified atom stereocenters. The molecule has 1 aromatic heterocycles. The van der Waals surface area contributed by atoms with E-state index in [1.54, 1.807) is 6.20 Å². The number of carbonyl (C=O) groups excluding carboxylic acids is 1. The van der Waals surface area contributed by atoms with Gasteiger partial charge in [-0.1, -0.05) is 30.0 Å². The van der Waals surface area contributed by atoms with Crippen molar-refractivity contribution in [1.82, 2.24) is 9.97 Å². The van der Waals surface area contributed by atoms with Crippen molar-refractivity contribution in [3.8, 4) is 0 Å². The van der Waals surface area contributed by atoms with Gasteiger partial charge >= 0.3 is 5.97 Å². The molecule has 17 heavy (non-hydrogen) atoms. The van der Waals surface area contributed by atoms with Crippen LogP contribution in [0, 0.1) is 0 Å². The summed E-state index contributed by atoms with van der Waals surface area (Å²) in [7, 11) is 1.32. The maximum atomic E-state index is 11.2. The number of aromatic nitrogens is 2. The van der Waals surface area contributed by atoms with Gasteiger partial charge in [0.15, 0.2) is 5.69 Å². The SMILES string of the molecule is COC(=O)c1cnc(Sc2ccccc2)cn1. The van der Waals surface area contributed by atoms with Crippen LogP contribution in [0.15, 0.2) is 52.6 Å². The third kappa shape index (κ3) is 3.04. The number of methoxy groups -OCH3 is 1. The van der Waals surface area contributed by atoms with Gasteiger partial charge in [-0.2, -0.15) is 0 Å². The fourth-order valence-electron chi connectivity index (χ4n) is 1.19. The molecule has 0 fully saturated rings. The van der Waals surface area contributed by atoms with Crippen LogP contribution in [0.1, 0.15) is 10.5 Å². The summed E-state index contributed by atoms with van der Waals surface area (Å²) in [6, 6.07) is 9.84. The number of rotatable bonds is 3. The fourth-order valence-corrected chi connectivity index (χ4v) is 1.93. The highest BCUT2D eigenvalue weighted by Gasteiger charge is 2.07. The van der Waals surface area contributed by atoms with Gasteiger partial charge in [0.1, 0.15) is 5.03 Å². The lowest BCUT2D eigenvalue weighted by Crippen LogP contribution is -2.04. The maximum Gasteiger partial charge on any atom is 0.358 e. The third-order valence-electron chi connectivity index (χ3n) is 1.99. The average Bonchev–Trinajstić information content (AvgIpc) is 2.40. The molecule has 1 heterocycles. The molecule has 0 saturated heterocycles. The Morgan fingerprint density at radius 2 is 1.94 bits per heavy atom. The number of hydrogen-bond donors (Lipinski definition) is 0. The molecule has 0 radical (unpaired) electrons. The smallest absolute Gasteiger partial charge is 0.358 e. The standard InChI is InChI=1S/C12H10N2O2S/c1-16-12(15)10-7-14-11(8-13-10)17-9-5-3-2-4-6-9/h2-8H,1H3. The van der Waals surface area contributed by atoms with Crippen LogP contribution in [0.25, 0.3) is 0 Å². The van der Waals surface area contributed by atoms with Crippen molar-refractivity contribution in [2.45, 2.75) is 9.92 Å². The van der Waals surface area contributed by atoms with E-state index in [-0.39, 0.29) is 5.69 Å². The number of esters is 1. The van der Waals surface area contributed by atoms with E-state index in [1.165, 1.54) is 25.1 Å². The maximum absolute atomic E-state index is 11.2. The van der Waals surface area contributed by atoms with Gasteiger partial charge in [-0.25, -0.2) is 14.8 Å². The second kappa shape index (κ2) is 5.45. The Bertz CT molecular complexity index is 500. The quantitative estimate of drug-likeness (QED) is 0.778. The molecular formula is C12H10N2O2S. The Morgan fingerprint density at radius 3 is 2.53 bits per heavy atom. The molecule has 0 bridgehead atoms. The highest BCUT2D eigenvalue weighted by atomic mass is 32.2. The molecule has 0 aliphatic carbocycles. The number of benzene rings is 1. The lowest BCUT2D eigenvalue weighted by Gasteiger charge is -2.01. The Morgan fingerprint density at radius 1 is 1.18 bits per heavy atom. The van der Waals surface area contributed by atoms with E-state index in [2.05, 4.69) is 14.7 Å². The van der Waals surface area contributed by atoms with E-state index in [4.69, 9.17) is 0 Å². The summed E-state index contributed by atoms with van der Waals surface area (Å²) >= 11 is 1.49. The highest BCUT2D eigenvalue weighted by Crippen LogP contribution is 2.24. The van der Waals surface area contributed by atoms with Gasteiger partial charge in [0, 0.05) is 4.90 Å². The Labute approximate surface area is 103 Å². The van der Waals surface area contributed by atoms with Crippen LogP contribution in [0.5, 0.6) is 0 Å². The third-order valence-corrected chi connectivity index (χ3v) is 2.92. The topological polar surface area (TPSA) is 52.1 Å². The molecule has 0 aliphatic rings. The Balaban J connectivity index is 2.11. The van der Waals surface area contributed by atoms with Gasteiger partial charge in [0.2, 0.25) is 0 Å². The molecule has 2 rings (SSSR count). The van der Waals surface area contributed by atoms with Crippen LogP contribution in [-0.2, 0) is 4.74 Å². The van der Waals surface area contributed by atoms with Crippen molar-refractivity contribution < 1.29 is 9.53 Å². The van der Waals surface area contributed by atoms with Crippen LogP contribution >= 0.6 is 11.8 Å². The van der Waals surface area contributed by atoms with E-state index < -0.39 is 5.97 Å². The summed E-state index contributed by atoms with van der Waals surface area (Å²) in [5, 5.41) is 0.740. The van der Waals surface area contributed by atoms with Gasteiger partial charge in [-0.15, -0.1) is 0 Å². The summed E-state index contributed by atoms with van der Waals surface area (Å²) < 4.78 is 4.55. The van der Waals surface area contributed by atoms with Gasteiger partial charge in [-0.3, -0.25) is 0 Å². The summed E-state index contributed by atoms with van der Waals surface area (Å²) in [6.07, 6.45) is 2.97. The van der Waals surface area contributed by atoms with Crippen molar-refractivity contribution in [3.05, 3.63) is 48.4 Å². The second-order valence-electron chi connectivity index (χ2n) is 3.15. The van der Waals surface area contributed by atoms with Crippen molar-refractivity contribution in [1.29, 1.82) is 0 Å². The van der Waals surface area contributed by atoms with Crippen molar-refractivity contribution in [2.24, 2.45) is 0 Å². The van der Waals surface area contributed by atoms with Crippen molar-refractivity contribution >= 4 is 17.7 Å². The molecule has 0 amide bonds. The minimum absolute atomic E-state index is 0.213. The molecule has 0 saturated carbocycles. The van der Waals surface area contributed by atoms with Gasteiger partial charge in [0.05, 0.1) is 19.5 Å². The van der Waals surface area contributed by atoms with E-state index in [0.717, 1.165) is 9.92 Å². The number of carbonyl (C=O) groups is 1. The number of hydrogen-bond acceptors (Lipinski definition) is 5. The van der Waals surface area contributed by atoms with Gasteiger partial charge < -0.3 is 4.74 Å². The molecular weight excluding hydrogens is 236 g/mol. The first kappa shape index (κ1) is 11.6. The van der Waals surface area contributed by atoms with E-state index in [0.29, 0.717) is 0 Å². The second-order valence-corrected chi connectivity index (χ2v) is 4.24. The van der Waals surface area contributed by atoms with Crippen LogP contribution in [0.4, 0.5) is 0 Å². The molecule has 1 aromatic carbocycles. The molecule has 86 valence electrons. The number of nitrogens with zero attached hydrogens (tertiary/aromatic N) is 2. The predicted molar refractivity (Wildman–Crippen MR) is 63.9 cm³/mol. The Kier molecular flexibility index (Phi) is 3.72. The molecule has 0 aliphatic heterocycles. The van der Waals surface area contributed by atoms with E-state index in [1.807, 2.05) is 30.3 Å². The zero-order valence-corrected chi connectivity index (χ0v) is 9.98. The summed E-state index contributed by atoms with van der Waals surface area (Å²) in [4.78, 5) is 20.4. The first-order valence-electron chi connectivity index (χ1n) is 4.93. The molecule has 0 N–H and O–H groups in total. The van der Waals surface area contributed by atoms with Crippen LogP contribution in [0.3, 0.4) is 0 Å². The van der Waals surface area contributed by atoms with E-state index >= 15 is 0 Å². The predicted octanol–water partition coefficient (Wildman–Crippen LogP) is 2.41. The largest absolute Gasteiger partial charge is 0.464 e. The van der Waals surface area contributed by atoms with Crippen LogP contribution < -0.4 is 0 Å². The first-order chi connectivity index (χ1) is 8.29.